The molecule has 1 heterocycles. The fraction of sp³-hybridized carbons (Fsp3) is 0.278. The first kappa shape index (κ1) is 17.5. The van der Waals surface area contributed by atoms with Crippen LogP contribution in [0.15, 0.2) is 30.3 Å². The van der Waals surface area contributed by atoms with Gasteiger partial charge in [0.1, 0.15) is 5.75 Å². The van der Waals surface area contributed by atoms with Crippen molar-refractivity contribution in [3.8, 4) is 5.75 Å². The molecule has 0 spiro atoms. The lowest BCUT2D eigenvalue weighted by molar-refractivity contribution is -0.144. The minimum absolute atomic E-state index is 0.117. The van der Waals surface area contributed by atoms with Gasteiger partial charge in [0.25, 0.3) is 0 Å². The number of esters is 1. The Kier molecular flexibility index (Phi) is 5.52. The number of H-pyrrole nitrogens is 1. The van der Waals surface area contributed by atoms with Gasteiger partial charge in [0.15, 0.2) is 19.0 Å². The average molecular weight is 329 g/mol. The topological polar surface area (TPSA) is 85.5 Å². The molecule has 1 N–H and O–H groups in total. The molecule has 6 heteroatoms. The minimum atomic E-state index is -0.639. The summed E-state index contributed by atoms with van der Waals surface area (Å²) in [5.74, 6) is -0.604. The lowest BCUT2D eigenvalue weighted by Gasteiger charge is -2.06. The van der Waals surface area contributed by atoms with Gasteiger partial charge in [-0.25, -0.2) is 4.79 Å². The Bertz CT molecular complexity index is 761. The molecule has 0 unspecified atom stereocenters. The normalized spacial score (nSPS) is 10.3. The highest BCUT2D eigenvalue weighted by Crippen LogP contribution is 2.19. The number of benzene rings is 1. The molecule has 1 aromatic heterocycles. The number of hydrogen-bond donors (Lipinski definition) is 1. The van der Waals surface area contributed by atoms with Crippen molar-refractivity contribution >= 4 is 17.5 Å². The van der Waals surface area contributed by atoms with E-state index in [2.05, 4.69) is 4.98 Å². The number of nitrogens with one attached hydrogen (secondary N) is 1. The molecule has 0 aliphatic heterocycles. The number of hydrogen-bond acceptors (Lipinski definition) is 5. The number of para-hydroxylation sites is 1. The van der Waals surface area contributed by atoms with Gasteiger partial charge in [0, 0.05) is 11.3 Å². The van der Waals surface area contributed by atoms with E-state index in [4.69, 9.17) is 9.47 Å². The summed E-state index contributed by atoms with van der Waals surface area (Å²) in [5, 5.41) is 0. The van der Waals surface area contributed by atoms with Crippen molar-refractivity contribution in [1.82, 2.24) is 4.98 Å². The van der Waals surface area contributed by atoms with Crippen LogP contribution in [0.1, 0.15) is 39.0 Å². The SMILES string of the molecule is CC(=O)c1c(C)[nH]c(C(=O)COC(=O)COc2ccccc2)c1C. The van der Waals surface area contributed by atoms with Crippen LogP contribution in [0.25, 0.3) is 0 Å². The van der Waals surface area contributed by atoms with E-state index in [-0.39, 0.29) is 18.1 Å². The van der Waals surface area contributed by atoms with Crippen molar-refractivity contribution in [2.45, 2.75) is 20.8 Å². The highest BCUT2D eigenvalue weighted by atomic mass is 16.6. The molecule has 0 atom stereocenters. The van der Waals surface area contributed by atoms with Crippen molar-refractivity contribution in [2.75, 3.05) is 13.2 Å². The third-order valence-corrected chi connectivity index (χ3v) is 3.53. The first-order chi connectivity index (χ1) is 11.4. The molecule has 0 bridgehead atoms. The zero-order valence-corrected chi connectivity index (χ0v) is 13.8. The van der Waals surface area contributed by atoms with Gasteiger partial charge in [-0.3, -0.25) is 9.59 Å². The number of ether oxygens (including phenoxy) is 2. The molecule has 6 nitrogen and oxygen atoms in total. The molecule has 2 aromatic rings. The molecule has 1 aromatic carbocycles. The zero-order valence-electron chi connectivity index (χ0n) is 13.8. The van der Waals surface area contributed by atoms with E-state index in [1.165, 1.54) is 6.92 Å². The van der Waals surface area contributed by atoms with Crippen molar-refractivity contribution in [1.29, 1.82) is 0 Å². The van der Waals surface area contributed by atoms with Gasteiger partial charge in [-0.05, 0) is 38.5 Å². The van der Waals surface area contributed by atoms with Crippen molar-refractivity contribution in [3.63, 3.8) is 0 Å². The smallest absolute Gasteiger partial charge is 0.344 e. The van der Waals surface area contributed by atoms with Crippen LogP contribution in [0.5, 0.6) is 5.75 Å². The molecule has 24 heavy (non-hydrogen) atoms. The highest BCUT2D eigenvalue weighted by molar-refractivity contribution is 6.04. The molecule has 0 saturated carbocycles. The maximum atomic E-state index is 12.2. The van der Waals surface area contributed by atoms with E-state index in [1.54, 1.807) is 38.1 Å². The number of rotatable bonds is 7. The van der Waals surface area contributed by atoms with Crippen LogP contribution in [0.3, 0.4) is 0 Å². The van der Waals surface area contributed by atoms with Gasteiger partial charge >= 0.3 is 5.97 Å². The quantitative estimate of drug-likeness (QED) is 0.623. The largest absolute Gasteiger partial charge is 0.482 e. The molecular weight excluding hydrogens is 310 g/mol. The maximum Gasteiger partial charge on any atom is 0.344 e. The monoisotopic (exact) mass is 329 g/mol. The van der Waals surface area contributed by atoms with Gasteiger partial charge < -0.3 is 14.5 Å². The first-order valence-corrected chi connectivity index (χ1v) is 7.47. The number of aromatic amines is 1. The summed E-state index contributed by atoms with van der Waals surface area (Å²) >= 11 is 0. The molecule has 0 aliphatic carbocycles. The van der Waals surface area contributed by atoms with Crippen molar-refractivity contribution in [3.05, 3.63) is 52.8 Å². The molecule has 2 rings (SSSR count). The summed E-state index contributed by atoms with van der Waals surface area (Å²) in [4.78, 5) is 38.3. The molecule has 0 fully saturated rings. The third-order valence-electron chi connectivity index (χ3n) is 3.53. The van der Waals surface area contributed by atoms with Gasteiger partial charge in [-0.1, -0.05) is 18.2 Å². The van der Waals surface area contributed by atoms with Gasteiger partial charge in [0.2, 0.25) is 5.78 Å². The predicted octanol–water partition coefficient (Wildman–Crippen LogP) is 2.64. The van der Waals surface area contributed by atoms with Crippen LogP contribution < -0.4 is 4.74 Å². The van der Waals surface area contributed by atoms with Crippen LogP contribution >= 0.6 is 0 Å². The number of ketones is 2. The highest BCUT2D eigenvalue weighted by Gasteiger charge is 2.20. The van der Waals surface area contributed by atoms with Crippen LogP contribution in [-0.4, -0.2) is 35.7 Å². The van der Waals surface area contributed by atoms with E-state index in [0.717, 1.165) is 0 Å². The lowest BCUT2D eigenvalue weighted by Crippen LogP contribution is -2.20. The van der Waals surface area contributed by atoms with E-state index < -0.39 is 18.4 Å². The molecule has 126 valence electrons. The summed E-state index contributed by atoms with van der Waals surface area (Å²) in [7, 11) is 0. The number of carbonyl (C=O) groups is 3. The van der Waals surface area contributed by atoms with E-state index in [9.17, 15) is 14.4 Å². The number of carbonyl (C=O) groups excluding carboxylic acids is 3. The fourth-order valence-corrected chi connectivity index (χ4v) is 2.48. The Labute approximate surface area is 139 Å². The zero-order chi connectivity index (χ0) is 17.7. The second kappa shape index (κ2) is 7.59. The second-order valence-corrected chi connectivity index (χ2v) is 5.37. The van der Waals surface area contributed by atoms with Crippen LogP contribution in [-0.2, 0) is 9.53 Å². The fourth-order valence-electron chi connectivity index (χ4n) is 2.48. The predicted molar refractivity (Wildman–Crippen MR) is 87.5 cm³/mol. The Morgan fingerprint density at radius 3 is 2.29 bits per heavy atom. The summed E-state index contributed by atoms with van der Waals surface area (Å²) < 4.78 is 10.2. The van der Waals surface area contributed by atoms with E-state index in [1.807, 2.05) is 6.07 Å². The van der Waals surface area contributed by atoms with Crippen molar-refractivity contribution < 1.29 is 23.9 Å². The number of Topliss-reactive ketones (excluding diaryl/α,β-unsaturated/α-hetero) is 2. The van der Waals surface area contributed by atoms with E-state index >= 15 is 0 Å². The molecule has 0 amide bonds. The molecular formula is C18H19NO5. The van der Waals surface area contributed by atoms with Crippen molar-refractivity contribution in [2.24, 2.45) is 0 Å². The Balaban J connectivity index is 1.90. The van der Waals surface area contributed by atoms with Crippen LogP contribution in [0, 0.1) is 13.8 Å². The average Bonchev–Trinajstić information content (AvgIpc) is 2.86. The Hall–Kier alpha value is -2.89. The van der Waals surface area contributed by atoms with E-state index in [0.29, 0.717) is 22.6 Å². The summed E-state index contributed by atoms with van der Waals surface area (Å²) in [5.41, 5.74) is 1.98. The Morgan fingerprint density at radius 2 is 1.71 bits per heavy atom. The molecule has 0 saturated heterocycles. The maximum absolute atomic E-state index is 12.2. The van der Waals surface area contributed by atoms with Crippen LogP contribution in [0.2, 0.25) is 0 Å². The van der Waals surface area contributed by atoms with Crippen LogP contribution in [0.4, 0.5) is 0 Å². The second-order valence-electron chi connectivity index (χ2n) is 5.37. The summed E-state index contributed by atoms with van der Waals surface area (Å²) in [6.07, 6.45) is 0. The Morgan fingerprint density at radius 1 is 1.04 bits per heavy atom. The molecule has 0 radical (unpaired) electrons. The van der Waals surface area contributed by atoms with Gasteiger partial charge in [-0.15, -0.1) is 0 Å². The van der Waals surface area contributed by atoms with Gasteiger partial charge in [0.05, 0.1) is 5.69 Å². The number of aryl methyl sites for hydroxylation is 1. The summed E-state index contributed by atoms with van der Waals surface area (Å²) in [6.45, 7) is 4.17. The molecule has 0 aliphatic rings. The third kappa shape index (κ3) is 4.10. The van der Waals surface area contributed by atoms with Gasteiger partial charge in [-0.2, -0.15) is 0 Å². The summed E-state index contributed by atoms with van der Waals surface area (Å²) in [6, 6.07) is 8.83. The lowest BCUT2D eigenvalue weighted by atomic mass is 10.1. The standard InChI is InChI=1S/C18H19NO5/c1-11-17(13(3)20)12(2)19-18(11)15(21)9-24-16(22)10-23-14-7-5-4-6-8-14/h4-8,19H,9-10H2,1-3H3. The number of aromatic nitrogens is 1. The minimum Gasteiger partial charge on any atom is -0.482 e. The first-order valence-electron chi connectivity index (χ1n) is 7.47.